The quantitative estimate of drug-likeness (QED) is 0.788. The van der Waals surface area contributed by atoms with Crippen molar-refractivity contribution in [1.29, 1.82) is 0 Å². The summed E-state index contributed by atoms with van der Waals surface area (Å²) >= 11 is 0. The first kappa shape index (κ1) is 16.0. The number of nitrogens with one attached hydrogen (secondary N) is 1. The van der Waals surface area contributed by atoms with Crippen molar-refractivity contribution in [2.24, 2.45) is 5.92 Å². The third-order valence-electron chi connectivity index (χ3n) is 3.51. The number of amides is 1. The van der Waals surface area contributed by atoms with Gasteiger partial charge in [-0.1, -0.05) is 19.0 Å². The molecule has 0 saturated heterocycles. The third-order valence-corrected chi connectivity index (χ3v) is 3.51. The minimum Gasteiger partial charge on any atom is -0.442 e. The molecule has 0 saturated carbocycles. The molecule has 0 atom stereocenters. The molecule has 24 heavy (non-hydrogen) atoms. The van der Waals surface area contributed by atoms with E-state index in [2.05, 4.69) is 15.5 Å². The molecule has 3 aromatic heterocycles. The predicted octanol–water partition coefficient (Wildman–Crippen LogP) is 2.50. The summed E-state index contributed by atoms with van der Waals surface area (Å²) < 4.78 is 11.9. The molecule has 3 rings (SSSR count). The molecule has 3 heterocycles. The molecular formula is C16H18N4O4. The van der Waals surface area contributed by atoms with E-state index in [4.69, 9.17) is 8.94 Å². The van der Waals surface area contributed by atoms with Gasteiger partial charge >= 0.3 is 0 Å². The molecule has 0 aliphatic heterocycles. The second-order valence-corrected chi connectivity index (χ2v) is 6.09. The van der Waals surface area contributed by atoms with Gasteiger partial charge in [0.05, 0.1) is 5.56 Å². The lowest BCUT2D eigenvalue weighted by Crippen LogP contribution is -2.24. The molecule has 0 unspecified atom stereocenters. The van der Waals surface area contributed by atoms with Crippen LogP contribution < -0.4 is 10.9 Å². The number of anilines is 1. The number of aryl methyl sites for hydroxylation is 2. The first-order valence-corrected chi connectivity index (χ1v) is 7.60. The first-order valence-electron chi connectivity index (χ1n) is 7.60. The largest absolute Gasteiger partial charge is 0.442 e. The van der Waals surface area contributed by atoms with Crippen molar-refractivity contribution in [3.05, 3.63) is 39.8 Å². The van der Waals surface area contributed by atoms with Gasteiger partial charge in [-0.05, 0) is 19.8 Å². The zero-order valence-electron chi connectivity index (χ0n) is 13.9. The van der Waals surface area contributed by atoms with Gasteiger partial charge in [0.15, 0.2) is 5.82 Å². The Balaban J connectivity index is 2.07. The van der Waals surface area contributed by atoms with E-state index >= 15 is 0 Å². The fourth-order valence-corrected chi connectivity index (χ4v) is 2.54. The number of rotatable bonds is 4. The second-order valence-electron chi connectivity index (χ2n) is 6.09. The monoisotopic (exact) mass is 330 g/mol. The number of hydrogen-bond donors (Lipinski definition) is 1. The topological polar surface area (TPSA) is 103 Å². The molecule has 0 spiro atoms. The average molecular weight is 330 g/mol. The van der Waals surface area contributed by atoms with E-state index in [1.807, 2.05) is 13.8 Å². The van der Waals surface area contributed by atoms with Gasteiger partial charge in [-0.25, -0.2) is 4.98 Å². The minimum atomic E-state index is -0.485. The van der Waals surface area contributed by atoms with Gasteiger partial charge in [0.1, 0.15) is 23.2 Å². The third kappa shape index (κ3) is 2.82. The van der Waals surface area contributed by atoms with Gasteiger partial charge in [-0.3, -0.25) is 14.2 Å². The molecule has 0 fully saturated rings. The molecule has 0 radical (unpaired) electrons. The normalized spacial score (nSPS) is 11.4. The van der Waals surface area contributed by atoms with Crippen LogP contribution in [0, 0.1) is 19.8 Å². The lowest BCUT2D eigenvalue weighted by molar-refractivity contribution is 0.102. The van der Waals surface area contributed by atoms with E-state index in [-0.39, 0.29) is 34.0 Å². The van der Waals surface area contributed by atoms with Crippen LogP contribution in [0.2, 0.25) is 0 Å². The Labute approximate surface area is 137 Å². The number of fused-ring (bicyclic) bond motifs is 1. The van der Waals surface area contributed by atoms with Crippen LogP contribution in [0.25, 0.3) is 11.1 Å². The van der Waals surface area contributed by atoms with Crippen LogP contribution in [-0.4, -0.2) is 20.6 Å². The van der Waals surface area contributed by atoms with E-state index in [1.165, 1.54) is 10.9 Å². The average Bonchev–Trinajstić information content (AvgIpc) is 3.04. The standard InChI is InChI=1S/C16H18N4O4/c1-8(2)6-20-7-17-15-13(16(20)22)12(10(4)23-15)14(21)18-11-5-9(3)24-19-11/h5,7-8H,6H2,1-4H3,(H,18,19,21). The van der Waals surface area contributed by atoms with Crippen LogP contribution in [0.1, 0.15) is 35.7 Å². The number of nitrogens with zero attached hydrogens (tertiary/aromatic N) is 3. The fourth-order valence-electron chi connectivity index (χ4n) is 2.54. The van der Waals surface area contributed by atoms with Gasteiger partial charge in [-0.2, -0.15) is 0 Å². The number of hydrogen-bond acceptors (Lipinski definition) is 6. The summed E-state index contributed by atoms with van der Waals surface area (Å²) in [7, 11) is 0. The molecule has 0 aromatic carbocycles. The van der Waals surface area contributed by atoms with E-state index in [1.54, 1.807) is 19.9 Å². The minimum absolute atomic E-state index is 0.152. The van der Waals surface area contributed by atoms with E-state index in [9.17, 15) is 9.59 Å². The van der Waals surface area contributed by atoms with Crippen LogP contribution in [0.3, 0.4) is 0 Å². The van der Waals surface area contributed by atoms with Crippen molar-refractivity contribution in [2.45, 2.75) is 34.2 Å². The smallest absolute Gasteiger partial charge is 0.265 e. The van der Waals surface area contributed by atoms with Crippen molar-refractivity contribution >= 4 is 22.8 Å². The Hall–Kier alpha value is -2.90. The number of aromatic nitrogens is 3. The maximum Gasteiger partial charge on any atom is 0.265 e. The molecule has 0 aliphatic carbocycles. The van der Waals surface area contributed by atoms with Crippen LogP contribution in [-0.2, 0) is 6.54 Å². The van der Waals surface area contributed by atoms with Crippen molar-refractivity contribution in [3.63, 3.8) is 0 Å². The van der Waals surface area contributed by atoms with Gasteiger partial charge in [0.2, 0.25) is 5.71 Å². The lowest BCUT2D eigenvalue weighted by Gasteiger charge is -2.07. The lowest BCUT2D eigenvalue weighted by atomic mass is 10.1. The second kappa shape index (κ2) is 5.95. The fraction of sp³-hybridized carbons (Fsp3) is 0.375. The summed E-state index contributed by atoms with van der Waals surface area (Å²) in [6, 6.07) is 1.59. The van der Waals surface area contributed by atoms with Crippen molar-refractivity contribution in [3.8, 4) is 0 Å². The van der Waals surface area contributed by atoms with E-state index < -0.39 is 5.91 Å². The Morgan fingerprint density at radius 3 is 2.75 bits per heavy atom. The van der Waals surface area contributed by atoms with E-state index in [0.29, 0.717) is 18.1 Å². The van der Waals surface area contributed by atoms with Crippen LogP contribution in [0.4, 0.5) is 5.82 Å². The Bertz CT molecular complexity index is 964. The van der Waals surface area contributed by atoms with Gasteiger partial charge in [0.25, 0.3) is 11.5 Å². The summed E-state index contributed by atoms with van der Waals surface area (Å²) in [5.41, 5.74) is 0.0206. The summed E-state index contributed by atoms with van der Waals surface area (Å²) in [6.07, 6.45) is 1.44. The van der Waals surface area contributed by atoms with E-state index in [0.717, 1.165) is 0 Å². The zero-order chi connectivity index (χ0) is 17.4. The first-order chi connectivity index (χ1) is 11.4. The highest BCUT2D eigenvalue weighted by molar-refractivity contribution is 6.12. The highest BCUT2D eigenvalue weighted by Crippen LogP contribution is 2.22. The van der Waals surface area contributed by atoms with Crippen LogP contribution in [0.15, 0.2) is 26.1 Å². The zero-order valence-corrected chi connectivity index (χ0v) is 13.9. The van der Waals surface area contributed by atoms with Gasteiger partial charge in [-0.15, -0.1) is 0 Å². The SMILES string of the molecule is Cc1cc(NC(=O)c2c(C)oc3ncn(CC(C)C)c(=O)c23)no1. The molecule has 1 amide bonds. The molecule has 8 nitrogen and oxygen atoms in total. The molecule has 0 bridgehead atoms. The van der Waals surface area contributed by atoms with Crippen LogP contribution in [0.5, 0.6) is 0 Å². The van der Waals surface area contributed by atoms with Crippen molar-refractivity contribution in [2.75, 3.05) is 5.32 Å². The molecule has 0 aliphatic rings. The molecule has 126 valence electrons. The molecule has 3 aromatic rings. The summed E-state index contributed by atoms with van der Waals surface area (Å²) in [5, 5.41) is 6.50. The Kier molecular flexibility index (Phi) is 3.96. The maximum absolute atomic E-state index is 12.7. The maximum atomic E-state index is 12.7. The molecular weight excluding hydrogens is 312 g/mol. The Morgan fingerprint density at radius 2 is 2.12 bits per heavy atom. The van der Waals surface area contributed by atoms with Gasteiger partial charge < -0.3 is 14.3 Å². The van der Waals surface area contributed by atoms with Crippen LogP contribution >= 0.6 is 0 Å². The summed E-state index contributed by atoms with van der Waals surface area (Å²) in [4.78, 5) is 29.4. The predicted molar refractivity (Wildman–Crippen MR) is 87.0 cm³/mol. The molecule has 8 heteroatoms. The van der Waals surface area contributed by atoms with Crippen molar-refractivity contribution in [1.82, 2.24) is 14.7 Å². The number of carbonyl (C=O) groups is 1. The highest BCUT2D eigenvalue weighted by atomic mass is 16.5. The number of furan rings is 1. The highest BCUT2D eigenvalue weighted by Gasteiger charge is 2.23. The van der Waals surface area contributed by atoms with Crippen molar-refractivity contribution < 1.29 is 13.7 Å². The van der Waals surface area contributed by atoms with Gasteiger partial charge in [0, 0.05) is 12.6 Å². The summed E-state index contributed by atoms with van der Waals surface area (Å²) in [6.45, 7) is 7.84. The summed E-state index contributed by atoms with van der Waals surface area (Å²) in [5.74, 6) is 0.957. The Morgan fingerprint density at radius 1 is 1.38 bits per heavy atom. The number of carbonyl (C=O) groups excluding carboxylic acids is 1. The molecule has 1 N–H and O–H groups in total.